The van der Waals surface area contributed by atoms with Gasteiger partial charge in [0.15, 0.2) is 0 Å². The van der Waals surface area contributed by atoms with Crippen LogP contribution in [0.5, 0.6) is 0 Å². The number of carbonyl (C=O) groups excluding carboxylic acids is 1. The second kappa shape index (κ2) is 7.01. The fraction of sp³-hybridized carbons (Fsp3) is 0.611. The van der Waals surface area contributed by atoms with E-state index in [-0.39, 0.29) is 11.6 Å². The largest absolute Gasteiger partial charge is 0.324 e. The molecule has 0 aromatic carbocycles. The molecule has 1 aliphatic carbocycles. The van der Waals surface area contributed by atoms with Crippen LogP contribution in [0, 0.1) is 6.92 Å². The highest BCUT2D eigenvalue weighted by Gasteiger charge is 2.24. The predicted molar refractivity (Wildman–Crippen MR) is 98.5 cm³/mol. The molecule has 0 radical (unpaired) electrons. The number of nitrogens with one attached hydrogen (secondary N) is 3. The minimum atomic E-state index is -0.122. The maximum absolute atomic E-state index is 12.8. The molecule has 0 spiro atoms. The number of hydrogen-bond acceptors (Lipinski definition) is 3. The summed E-state index contributed by atoms with van der Waals surface area (Å²) in [6.07, 6.45) is 7.18. The van der Waals surface area contributed by atoms with Crippen molar-refractivity contribution in [1.82, 2.24) is 24.9 Å². The molecule has 2 aromatic rings. The number of fused-ring (bicyclic) bond motifs is 1. The molecule has 2 aliphatic rings. The van der Waals surface area contributed by atoms with Gasteiger partial charge in [0.05, 0.1) is 11.7 Å². The molecule has 3 heterocycles. The quantitative estimate of drug-likeness (QED) is 0.768. The molecule has 4 rings (SSSR count). The molecule has 0 atom stereocenters. The second-order valence-corrected chi connectivity index (χ2v) is 7.36. The van der Waals surface area contributed by atoms with E-state index in [1.807, 2.05) is 17.7 Å². The van der Waals surface area contributed by atoms with Crippen LogP contribution in [0.2, 0.25) is 0 Å². The predicted octanol–water partition coefficient (Wildman–Crippen LogP) is 2.35. The highest BCUT2D eigenvalue weighted by molar-refractivity contribution is 5.88. The number of anilines is 1. The summed E-state index contributed by atoms with van der Waals surface area (Å²) in [6.45, 7) is 3.08. The average Bonchev–Trinajstić information content (AvgIpc) is 3.10. The van der Waals surface area contributed by atoms with Gasteiger partial charge in [0.1, 0.15) is 5.82 Å². The summed E-state index contributed by atoms with van der Waals surface area (Å²) in [5.41, 5.74) is 2.52. The molecular formula is C18H26N6O2. The van der Waals surface area contributed by atoms with E-state index >= 15 is 0 Å². The van der Waals surface area contributed by atoms with Crippen LogP contribution in [-0.4, -0.2) is 44.0 Å². The number of rotatable bonds is 2. The number of aromatic amines is 2. The van der Waals surface area contributed by atoms with Gasteiger partial charge in [-0.25, -0.2) is 9.48 Å². The van der Waals surface area contributed by atoms with E-state index in [1.165, 1.54) is 19.3 Å². The molecule has 1 aliphatic heterocycles. The maximum Gasteiger partial charge on any atom is 0.323 e. The second-order valence-electron chi connectivity index (χ2n) is 7.36. The third-order valence-electron chi connectivity index (χ3n) is 5.53. The molecule has 0 saturated heterocycles. The van der Waals surface area contributed by atoms with Crippen molar-refractivity contribution in [2.75, 3.05) is 18.4 Å². The summed E-state index contributed by atoms with van der Waals surface area (Å²) in [5.74, 6) is 0.778. The lowest BCUT2D eigenvalue weighted by atomic mass is 9.96. The third-order valence-corrected chi connectivity index (χ3v) is 5.53. The van der Waals surface area contributed by atoms with Crippen LogP contribution >= 0.6 is 0 Å². The lowest BCUT2D eigenvalue weighted by Gasteiger charge is -2.25. The SMILES string of the molecule is Cc1cc(NC(=O)N2CCc3[nH][nH]c(=O)c3CC2)n(C2CCCCC2)n1. The molecule has 1 saturated carbocycles. The Morgan fingerprint density at radius 2 is 1.96 bits per heavy atom. The van der Waals surface area contributed by atoms with Crippen LogP contribution in [0.1, 0.15) is 55.1 Å². The lowest BCUT2D eigenvalue weighted by Crippen LogP contribution is -2.37. The third kappa shape index (κ3) is 3.27. The van der Waals surface area contributed by atoms with Crippen LogP contribution in [0.4, 0.5) is 10.6 Å². The number of aromatic nitrogens is 4. The van der Waals surface area contributed by atoms with Gasteiger partial charge < -0.3 is 10.00 Å². The normalized spacial score (nSPS) is 18.4. The Balaban J connectivity index is 1.46. The van der Waals surface area contributed by atoms with E-state index in [4.69, 9.17) is 0 Å². The Morgan fingerprint density at radius 1 is 1.19 bits per heavy atom. The number of aryl methyl sites for hydroxylation is 1. The molecule has 1 fully saturated rings. The monoisotopic (exact) mass is 358 g/mol. The summed E-state index contributed by atoms with van der Waals surface area (Å²) in [4.78, 5) is 26.4. The zero-order valence-corrected chi connectivity index (χ0v) is 15.2. The number of carbonyl (C=O) groups is 1. The van der Waals surface area contributed by atoms with Gasteiger partial charge in [0, 0.05) is 36.8 Å². The van der Waals surface area contributed by atoms with Crippen LogP contribution in [0.3, 0.4) is 0 Å². The number of nitrogens with zero attached hydrogens (tertiary/aromatic N) is 3. The molecule has 2 amide bonds. The van der Waals surface area contributed by atoms with Crippen molar-refractivity contribution in [3.63, 3.8) is 0 Å². The minimum Gasteiger partial charge on any atom is -0.324 e. The molecular weight excluding hydrogens is 332 g/mol. The Morgan fingerprint density at radius 3 is 2.77 bits per heavy atom. The topological polar surface area (TPSA) is 98.8 Å². The summed E-state index contributed by atoms with van der Waals surface area (Å²) in [7, 11) is 0. The Bertz CT molecular complexity index is 842. The van der Waals surface area contributed by atoms with Crippen LogP contribution < -0.4 is 10.9 Å². The molecule has 26 heavy (non-hydrogen) atoms. The van der Waals surface area contributed by atoms with Crippen LogP contribution in [-0.2, 0) is 12.8 Å². The highest BCUT2D eigenvalue weighted by Crippen LogP contribution is 2.30. The standard InChI is InChI=1S/C18H26N6O2/c1-12-11-16(24(22-12)13-5-3-2-4-6-13)19-18(26)23-9-7-14-15(8-10-23)20-21-17(14)25/h11,13H,2-10H2,1H3,(H,19,26)(H2,20,21,25). The van der Waals surface area contributed by atoms with Gasteiger partial charge >= 0.3 is 6.03 Å². The number of H-pyrrole nitrogens is 2. The molecule has 8 nitrogen and oxygen atoms in total. The lowest BCUT2D eigenvalue weighted by molar-refractivity contribution is 0.213. The maximum atomic E-state index is 12.8. The first-order chi connectivity index (χ1) is 12.6. The first-order valence-electron chi connectivity index (χ1n) is 9.52. The van der Waals surface area contributed by atoms with Crippen molar-refractivity contribution >= 4 is 11.8 Å². The van der Waals surface area contributed by atoms with Crippen LogP contribution in [0.15, 0.2) is 10.9 Å². The van der Waals surface area contributed by atoms with Gasteiger partial charge in [0.2, 0.25) is 0 Å². The summed E-state index contributed by atoms with van der Waals surface area (Å²) >= 11 is 0. The number of amides is 2. The smallest absolute Gasteiger partial charge is 0.323 e. The summed E-state index contributed by atoms with van der Waals surface area (Å²) in [6, 6.07) is 2.19. The number of hydrogen-bond donors (Lipinski definition) is 3. The Hall–Kier alpha value is -2.51. The van der Waals surface area contributed by atoms with Gasteiger partial charge in [-0.15, -0.1) is 0 Å². The van der Waals surface area contributed by atoms with Gasteiger partial charge in [-0.05, 0) is 26.2 Å². The first-order valence-corrected chi connectivity index (χ1v) is 9.52. The first kappa shape index (κ1) is 16.9. The zero-order chi connectivity index (χ0) is 18.1. The van der Waals surface area contributed by atoms with Crippen molar-refractivity contribution in [3.05, 3.63) is 33.4 Å². The fourth-order valence-corrected chi connectivity index (χ4v) is 4.11. The molecule has 3 N–H and O–H groups in total. The van der Waals surface area contributed by atoms with E-state index < -0.39 is 0 Å². The molecule has 0 unspecified atom stereocenters. The highest BCUT2D eigenvalue weighted by atomic mass is 16.2. The van der Waals surface area contributed by atoms with Crippen molar-refractivity contribution in [1.29, 1.82) is 0 Å². The van der Waals surface area contributed by atoms with E-state index in [9.17, 15) is 9.59 Å². The summed E-state index contributed by atoms with van der Waals surface area (Å²) < 4.78 is 2.00. The Labute approximate surface area is 151 Å². The molecule has 0 bridgehead atoms. The minimum absolute atomic E-state index is 0.0757. The van der Waals surface area contributed by atoms with Gasteiger partial charge in [-0.1, -0.05) is 19.3 Å². The van der Waals surface area contributed by atoms with Crippen LogP contribution in [0.25, 0.3) is 0 Å². The van der Waals surface area contributed by atoms with E-state index in [1.54, 1.807) is 4.90 Å². The van der Waals surface area contributed by atoms with Crippen molar-refractivity contribution in [2.24, 2.45) is 0 Å². The molecule has 2 aromatic heterocycles. The van der Waals surface area contributed by atoms with Crippen molar-refractivity contribution in [3.8, 4) is 0 Å². The van der Waals surface area contributed by atoms with E-state index in [0.717, 1.165) is 35.6 Å². The number of urea groups is 1. The van der Waals surface area contributed by atoms with E-state index in [2.05, 4.69) is 20.6 Å². The van der Waals surface area contributed by atoms with Gasteiger partial charge in [-0.3, -0.25) is 15.2 Å². The zero-order valence-electron chi connectivity index (χ0n) is 15.2. The van der Waals surface area contributed by atoms with Gasteiger partial charge in [-0.2, -0.15) is 5.10 Å². The van der Waals surface area contributed by atoms with E-state index in [0.29, 0.717) is 32.0 Å². The molecule has 140 valence electrons. The molecule has 8 heteroatoms. The summed E-state index contributed by atoms with van der Waals surface area (Å²) in [5, 5.41) is 13.2. The average molecular weight is 358 g/mol. The van der Waals surface area contributed by atoms with Crippen molar-refractivity contribution in [2.45, 2.75) is 57.9 Å². The Kier molecular flexibility index (Phi) is 4.57. The van der Waals surface area contributed by atoms with Crippen molar-refractivity contribution < 1.29 is 4.79 Å². The van der Waals surface area contributed by atoms with Gasteiger partial charge in [0.25, 0.3) is 5.56 Å². The fourth-order valence-electron chi connectivity index (χ4n) is 4.11.